The van der Waals surface area contributed by atoms with Crippen LogP contribution in [-0.2, 0) is 19.6 Å². The number of piperazine rings is 1. The Morgan fingerprint density at radius 1 is 1.20 bits per heavy atom. The molecule has 0 saturated carbocycles. The van der Waals surface area contributed by atoms with Gasteiger partial charge in [-0.05, 0) is 25.5 Å². The molecule has 0 radical (unpaired) electrons. The summed E-state index contributed by atoms with van der Waals surface area (Å²) in [5.41, 5.74) is 2.52. The molecule has 0 N–H and O–H groups in total. The highest BCUT2D eigenvalue weighted by molar-refractivity contribution is 7.92. The third kappa shape index (κ3) is 4.94. The van der Waals surface area contributed by atoms with E-state index in [1.807, 2.05) is 26.0 Å². The fraction of sp³-hybridized carbons (Fsp3) is 0.529. The molecule has 0 bridgehead atoms. The van der Waals surface area contributed by atoms with Gasteiger partial charge in [0.1, 0.15) is 0 Å². The summed E-state index contributed by atoms with van der Waals surface area (Å²) in [5, 5.41) is 0. The van der Waals surface area contributed by atoms with Gasteiger partial charge >= 0.3 is 0 Å². The van der Waals surface area contributed by atoms with Crippen LogP contribution in [0.1, 0.15) is 17.5 Å². The summed E-state index contributed by atoms with van der Waals surface area (Å²) in [6, 6.07) is 5.56. The number of anilines is 1. The Morgan fingerprint density at radius 3 is 2.36 bits per heavy atom. The summed E-state index contributed by atoms with van der Waals surface area (Å²) < 4.78 is 25.7. The third-order valence-electron chi connectivity index (χ3n) is 4.37. The highest BCUT2D eigenvalue weighted by Crippen LogP contribution is 2.24. The maximum Gasteiger partial charge on any atom is 0.232 e. The average Bonchev–Trinajstić information content (AvgIpc) is 2.55. The molecular weight excluding hydrogens is 342 g/mol. The normalized spacial score (nSPS) is 15.2. The summed E-state index contributed by atoms with van der Waals surface area (Å²) in [6.45, 7) is 5.92. The Labute approximate surface area is 149 Å². The number of rotatable bonds is 6. The van der Waals surface area contributed by atoms with Crippen LogP contribution in [0.5, 0.6) is 0 Å². The van der Waals surface area contributed by atoms with Gasteiger partial charge in [0.05, 0.1) is 11.9 Å². The van der Waals surface area contributed by atoms with Gasteiger partial charge in [0.15, 0.2) is 0 Å². The molecule has 0 unspecified atom stereocenters. The van der Waals surface area contributed by atoms with Crippen LogP contribution in [0.15, 0.2) is 18.2 Å². The first-order chi connectivity index (χ1) is 11.7. The van der Waals surface area contributed by atoms with Crippen molar-refractivity contribution < 1.29 is 18.0 Å². The van der Waals surface area contributed by atoms with Crippen LogP contribution in [0, 0.1) is 13.8 Å². The van der Waals surface area contributed by atoms with Gasteiger partial charge < -0.3 is 9.80 Å². The monoisotopic (exact) mass is 367 g/mol. The van der Waals surface area contributed by atoms with Crippen LogP contribution in [-0.4, -0.2) is 69.5 Å². The fourth-order valence-electron chi connectivity index (χ4n) is 2.98. The molecule has 2 amide bonds. The first kappa shape index (κ1) is 19.2. The van der Waals surface area contributed by atoms with E-state index in [1.165, 1.54) is 4.31 Å². The minimum Gasteiger partial charge on any atom is -0.342 e. The molecule has 1 heterocycles. The van der Waals surface area contributed by atoms with Crippen molar-refractivity contribution >= 4 is 28.0 Å². The molecule has 2 rings (SSSR count). The largest absolute Gasteiger partial charge is 0.342 e. The van der Waals surface area contributed by atoms with Gasteiger partial charge in [0.25, 0.3) is 0 Å². The van der Waals surface area contributed by atoms with Crippen molar-refractivity contribution in [3.05, 3.63) is 29.3 Å². The van der Waals surface area contributed by atoms with Crippen LogP contribution in [0.25, 0.3) is 0 Å². The average molecular weight is 367 g/mol. The molecule has 8 heteroatoms. The number of hydrogen-bond donors (Lipinski definition) is 0. The zero-order valence-corrected chi connectivity index (χ0v) is 15.8. The first-order valence-electron chi connectivity index (χ1n) is 8.24. The lowest BCUT2D eigenvalue weighted by Crippen LogP contribution is -2.48. The van der Waals surface area contributed by atoms with Gasteiger partial charge in [-0.25, -0.2) is 8.42 Å². The van der Waals surface area contributed by atoms with E-state index in [4.69, 9.17) is 0 Å². The molecule has 138 valence electrons. The summed E-state index contributed by atoms with van der Waals surface area (Å²) in [7, 11) is -3.48. The number of aryl methyl sites for hydroxylation is 2. The second kappa shape index (κ2) is 7.86. The lowest BCUT2D eigenvalue weighted by Gasteiger charge is -2.33. The van der Waals surface area contributed by atoms with Gasteiger partial charge in [-0.2, -0.15) is 0 Å². The van der Waals surface area contributed by atoms with E-state index in [2.05, 4.69) is 0 Å². The van der Waals surface area contributed by atoms with Crippen molar-refractivity contribution in [2.24, 2.45) is 0 Å². The Kier molecular flexibility index (Phi) is 6.05. The van der Waals surface area contributed by atoms with E-state index in [0.717, 1.165) is 23.8 Å². The van der Waals surface area contributed by atoms with Gasteiger partial charge in [-0.3, -0.25) is 13.9 Å². The summed E-state index contributed by atoms with van der Waals surface area (Å²) in [6.07, 6.45) is 2.05. The minimum absolute atomic E-state index is 0.0936. The lowest BCUT2D eigenvalue weighted by molar-refractivity contribution is -0.134. The molecule has 1 aromatic rings. The predicted molar refractivity (Wildman–Crippen MR) is 96.9 cm³/mol. The summed E-state index contributed by atoms with van der Waals surface area (Å²) in [4.78, 5) is 26.4. The predicted octanol–water partition coefficient (Wildman–Crippen LogP) is 0.760. The van der Waals surface area contributed by atoms with Crippen LogP contribution in [0.4, 0.5) is 5.69 Å². The quantitative estimate of drug-likeness (QED) is 0.696. The van der Waals surface area contributed by atoms with Crippen molar-refractivity contribution in [3.63, 3.8) is 0 Å². The molecule has 1 saturated heterocycles. The van der Waals surface area contributed by atoms with Crippen molar-refractivity contribution in [1.82, 2.24) is 9.80 Å². The molecule has 1 aromatic carbocycles. The molecular formula is C17H25N3O4S. The topological polar surface area (TPSA) is 78.0 Å². The van der Waals surface area contributed by atoms with E-state index in [-0.39, 0.29) is 18.9 Å². The highest BCUT2D eigenvalue weighted by atomic mass is 32.2. The van der Waals surface area contributed by atoms with Crippen molar-refractivity contribution in [2.45, 2.75) is 20.3 Å². The smallest absolute Gasteiger partial charge is 0.232 e. The lowest BCUT2D eigenvalue weighted by atomic mass is 10.1. The number of benzene rings is 1. The van der Waals surface area contributed by atoms with E-state index >= 15 is 0 Å². The Hall–Kier alpha value is -2.09. The number of sulfonamides is 1. The van der Waals surface area contributed by atoms with Crippen LogP contribution < -0.4 is 4.31 Å². The number of nitrogens with zero attached hydrogens (tertiary/aromatic N) is 3. The fourth-order valence-corrected chi connectivity index (χ4v) is 3.97. The molecule has 0 aromatic heterocycles. The number of hydrogen-bond acceptors (Lipinski definition) is 4. The zero-order valence-electron chi connectivity index (χ0n) is 14.9. The van der Waals surface area contributed by atoms with Gasteiger partial charge in [0.2, 0.25) is 22.3 Å². The van der Waals surface area contributed by atoms with Crippen molar-refractivity contribution in [1.29, 1.82) is 0 Å². The van der Waals surface area contributed by atoms with E-state index < -0.39 is 10.0 Å². The van der Waals surface area contributed by atoms with Gasteiger partial charge in [-0.1, -0.05) is 17.7 Å². The first-order valence-corrected chi connectivity index (χ1v) is 10.1. The Balaban J connectivity index is 2.06. The maximum absolute atomic E-state index is 12.4. The van der Waals surface area contributed by atoms with Crippen LogP contribution >= 0.6 is 0 Å². The van der Waals surface area contributed by atoms with Crippen molar-refractivity contribution in [2.75, 3.05) is 43.3 Å². The van der Waals surface area contributed by atoms with Crippen LogP contribution in [0.2, 0.25) is 0 Å². The molecule has 0 atom stereocenters. The molecule has 0 spiro atoms. The Bertz CT molecular complexity index is 740. The van der Waals surface area contributed by atoms with Gasteiger partial charge in [0, 0.05) is 39.1 Å². The van der Waals surface area contributed by atoms with E-state index in [0.29, 0.717) is 31.9 Å². The highest BCUT2D eigenvalue weighted by Gasteiger charge is 2.24. The SMILES string of the molecule is Cc1ccc(N(CCC(=O)N2CCN(C=O)CC2)S(C)(=O)=O)c(C)c1. The molecule has 1 aliphatic rings. The second-order valence-corrected chi connectivity index (χ2v) is 8.30. The zero-order chi connectivity index (χ0) is 18.6. The number of carbonyl (C=O) groups is 2. The Morgan fingerprint density at radius 2 is 1.84 bits per heavy atom. The maximum atomic E-state index is 12.4. The third-order valence-corrected chi connectivity index (χ3v) is 5.55. The van der Waals surface area contributed by atoms with E-state index in [9.17, 15) is 18.0 Å². The van der Waals surface area contributed by atoms with Crippen LogP contribution in [0.3, 0.4) is 0 Å². The number of amides is 2. The van der Waals surface area contributed by atoms with Gasteiger partial charge in [-0.15, -0.1) is 0 Å². The molecule has 0 aliphatic carbocycles. The minimum atomic E-state index is -3.48. The standard InChI is InChI=1S/C17H25N3O4S/c1-14-4-5-16(15(2)12-14)20(25(3,23)24)7-6-17(22)19-10-8-18(13-21)9-11-19/h4-5,12-13H,6-11H2,1-3H3. The summed E-state index contributed by atoms with van der Waals surface area (Å²) in [5.74, 6) is -0.0936. The second-order valence-electron chi connectivity index (χ2n) is 6.40. The molecule has 1 fully saturated rings. The number of carbonyl (C=O) groups excluding carboxylic acids is 2. The molecule has 1 aliphatic heterocycles. The summed E-state index contributed by atoms with van der Waals surface area (Å²) >= 11 is 0. The van der Waals surface area contributed by atoms with Crippen molar-refractivity contribution in [3.8, 4) is 0 Å². The molecule has 25 heavy (non-hydrogen) atoms. The molecule has 7 nitrogen and oxygen atoms in total. The van der Waals surface area contributed by atoms with E-state index in [1.54, 1.807) is 15.9 Å².